The summed E-state index contributed by atoms with van der Waals surface area (Å²) in [6.07, 6.45) is 17.5. The number of para-hydroxylation sites is 3. The summed E-state index contributed by atoms with van der Waals surface area (Å²) in [4.78, 5) is 2.42. The lowest BCUT2D eigenvalue weighted by Crippen LogP contribution is -2.21. The minimum Gasteiger partial charge on any atom is -0.337 e. The van der Waals surface area contributed by atoms with Crippen molar-refractivity contribution in [2.75, 3.05) is 4.90 Å². The van der Waals surface area contributed by atoms with Crippen LogP contribution >= 0.6 is 0 Å². The van der Waals surface area contributed by atoms with Crippen LogP contribution in [0.5, 0.6) is 0 Å². The molecule has 1 saturated carbocycles. The summed E-state index contributed by atoms with van der Waals surface area (Å²) in [6.45, 7) is 0. The van der Waals surface area contributed by atoms with Gasteiger partial charge in [0.2, 0.25) is 0 Å². The molecular formula is C38H34N2. The summed E-state index contributed by atoms with van der Waals surface area (Å²) in [5.41, 5.74) is 9.42. The van der Waals surface area contributed by atoms with Crippen molar-refractivity contribution >= 4 is 33.2 Å². The van der Waals surface area contributed by atoms with Crippen LogP contribution in [0.1, 0.15) is 61.1 Å². The van der Waals surface area contributed by atoms with Gasteiger partial charge < -0.3 is 9.47 Å². The Morgan fingerprint density at radius 1 is 0.625 bits per heavy atom. The van der Waals surface area contributed by atoms with Crippen molar-refractivity contribution in [3.63, 3.8) is 0 Å². The third-order valence-electron chi connectivity index (χ3n) is 9.39. The molecule has 0 spiro atoms. The number of anilines is 2. The third kappa shape index (κ3) is 3.85. The van der Waals surface area contributed by atoms with Crippen molar-refractivity contribution < 1.29 is 0 Å². The lowest BCUT2D eigenvalue weighted by Gasteiger charge is -2.34. The van der Waals surface area contributed by atoms with Crippen molar-refractivity contribution in [2.24, 2.45) is 0 Å². The SMILES string of the molecule is C1=CC2=CC(C=C1)c1ccccc1N2c1ccc(C2CCCC(n3c4ccccc4c4ccccc43)CC2)cc1. The van der Waals surface area contributed by atoms with Crippen LogP contribution in [0.2, 0.25) is 0 Å². The van der Waals surface area contributed by atoms with Crippen molar-refractivity contribution in [1.29, 1.82) is 0 Å². The average Bonchev–Trinajstić information content (AvgIpc) is 3.15. The minimum absolute atomic E-state index is 0.338. The topological polar surface area (TPSA) is 8.17 Å². The van der Waals surface area contributed by atoms with Gasteiger partial charge in [-0.05, 0) is 85.2 Å². The van der Waals surface area contributed by atoms with E-state index in [0.717, 1.165) is 0 Å². The van der Waals surface area contributed by atoms with Gasteiger partial charge >= 0.3 is 0 Å². The molecule has 8 rings (SSSR count). The summed E-state index contributed by atoms with van der Waals surface area (Å²) < 4.78 is 2.65. The monoisotopic (exact) mass is 518 g/mol. The molecule has 0 N–H and O–H groups in total. The zero-order valence-corrected chi connectivity index (χ0v) is 22.8. The molecule has 0 saturated heterocycles. The number of hydrogen-bond donors (Lipinski definition) is 0. The van der Waals surface area contributed by atoms with E-state index in [0.29, 0.717) is 17.9 Å². The third-order valence-corrected chi connectivity index (χ3v) is 9.39. The fourth-order valence-electron chi connectivity index (χ4n) is 7.49. The first-order chi connectivity index (χ1) is 19.8. The van der Waals surface area contributed by atoms with Gasteiger partial charge in [-0.25, -0.2) is 0 Å². The molecule has 1 aliphatic heterocycles. The van der Waals surface area contributed by atoms with Gasteiger partial charge in [0.15, 0.2) is 0 Å². The Kier molecular flexibility index (Phi) is 5.72. The Morgan fingerprint density at radius 2 is 1.35 bits per heavy atom. The van der Waals surface area contributed by atoms with Gasteiger partial charge in [-0.3, -0.25) is 0 Å². The van der Waals surface area contributed by atoms with E-state index in [2.05, 4.69) is 137 Å². The standard InChI is InChI=1S/C38H34N2/c1-2-12-32-26-29(10-1)33-14-3-6-17-36(33)39(32)31-24-21-28(22-25-31)27-11-9-13-30(23-20-27)40-37-18-7-4-15-34(37)35-16-5-8-19-38(35)40/h1-8,10,12,14-19,21-22,24-27,29-30H,9,11,13,20,23H2. The van der Waals surface area contributed by atoms with Crippen LogP contribution in [0.4, 0.5) is 11.4 Å². The van der Waals surface area contributed by atoms with Crippen LogP contribution < -0.4 is 4.90 Å². The molecule has 1 fully saturated rings. The van der Waals surface area contributed by atoms with Crippen molar-refractivity contribution in [2.45, 2.75) is 50.0 Å². The van der Waals surface area contributed by atoms with Crippen molar-refractivity contribution in [1.82, 2.24) is 4.57 Å². The molecule has 3 atom stereocenters. The van der Waals surface area contributed by atoms with Crippen LogP contribution in [-0.2, 0) is 0 Å². The van der Waals surface area contributed by atoms with E-state index in [1.165, 1.54) is 82.1 Å². The number of hydrogen-bond acceptors (Lipinski definition) is 1. The molecule has 2 heteroatoms. The minimum atomic E-state index is 0.338. The number of nitrogens with zero attached hydrogens (tertiary/aromatic N) is 2. The predicted octanol–water partition coefficient (Wildman–Crippen LogP) is 10.3. The second-order valence-electron chi connectivity index (χ2n) is 11.6. The zero-order chi connectivity index (χ0) is 26.5. The Morgan fingerprint density at radius 3 is 2.15 bits per heavy atom. The van der Waals surface area contributed by atoms with E-state index in [1.807, 2.05) is 0 Å². The van der Waals surface area contributed by atoms with E-state index < -0.39 is 0 Å². The Bertz CT molecular complexity index is 1750. The number of aromatic nitrogens is 1. The molecule has 2 nitrogen and oxygen atoms in total. The van der Waals surface area contributed by atoms with Gasteiger partial charge in [-0.2, -0.15) is 0 Å². The van der Waals surface area contributed by atoms with Gasteiger partial charge in [0.05, 0.1) is 5.69 Å². The van der Waals surface area contributed by atoms with Gasteiger partial charge in [0.1, 0.15) is 0 Å². The summed E-state index contributed by atoms with van der Waals surface area (Å²) in [5, 5.41) is 2.77. The van der Waals surface area contributed by atoms with Crippen molar-refractivity contribution in [3.05, 3.63) is 144 Å². The second kappa shape index (κ2) is 9.71. The van der Waals surface area contributed by atoms with E-state index in [1.54, 1.807) is 0 Å². The maximum absolute atomic E-state index is 2.65. The van der Waals surface area contributed by atoms with Crippen LogP contribution in [0.3, 0.4) is 0 Å². The summed E-state index contributed by atoms with van der Waals surface area (Å²) >= 11 is 0. The van der Waals surface area contributed by atoms with Crippen molar-refractivity contribution in [3.8, 4) is 0 Å². The maximum atomic E-state index is 2.65. The highest BCUT2D eigenvalue weighted by molar-refractivity contribution is 6.08. The smallest absolute Gasteiger partial charge is 0.0502 e. The van der Waals surface area contributed by atoms with Crippen LogP contribution in [-0.4, -0.2) is 4.57 Å². The molecule has 2 bridgehead atoms. The second-order valence-corrected chi connectivity index (χ2v) is 11.6. The molecule has 0 radical (unpaired) electrons. The Balaban J connectivity index is 1.07. The largest absolute Gasteiger partial charge is 0.337 e. The van der Waals surface area contributed by atoms with Crippen LogP contribution in [0, 0.1) is 0 Å². The molecule has 2 aliphatic carbocycles. The summed E-state index contributed by atoms with van der Waals surface area (Å²) in [7, 11) is 0. The van der Waals surface area contributed by atoms with Crippen LogP contribution in [0.15, 0.2) is 133 Å². The van der Waals surface area contributed by atoms with Gasteiger partial charge in [0, 0.05) is 45.2 Å². The highest BCUT2D eigenvalue weighted by atomic mass is 15.2. The van der Waals surface area contributed by atoms with Gasteiger partial charge in [-0.15, -0.1) is 0 Å². The fourth-order valence-corrected chi connectivity index (χ4v) is 7.49. The number of benzene rings is 4. The predicted molar refractivity (Wildman–Crippen MR) is 168 cm³/mol. The first kappa shape index (κ1) is 23.6. The first-order valence-electron chi connectivity index (χ1n) is 14.9. The normalized spacial score (nSPS) is 22.1. The summed E-state index contributed by atoms with van der Waals surface area (Å²) in [5.74, 6) is 0.955. The number of allylic oxidation sites excluding steroid dienone is 5. The first-order valence-corrected chi connectivity index (χ1v) is 14.9. The Hall–Kier alpha value is -4.30. The highest BCUT2D eigenvalue weighted by Crippen LogP contribution is 2.44. The molecule has 40 heavy (non-hydrogen) atoms. The Labute approximate surface area is 236 Å². The van der Waals surface area contributed by atoms with Gasteiger partial charge in [0.25, 0.3) is 0 Å². The number of rotatable bonds is 3. The molecule has 1 aromatic heterocycles. The number of fused-ring (bicyclic) bond motifs is 6. The van der Waals surface area contributed by atoms with E-state index in [4.69, 9.17) is 0 Å². The van der Waals surface area contributed by atoms with E-state index in [-0.39, 0.29) is 0 Å². The molecule has 3 aliphatic rings. The lowest BCUT2D eigenvalue weighted by molar-refractivity contribution is 0.463. The quantitative estimate of drug-likeness (QED) is 0.216. The molecule has 4 aromatic carbocycles. The molecule has 196 valence electrons. The fraction of sp³-hybridized carbons (Fsp3) is 0.211. The van der Waals surface area contributed by atoms with Crippen LogP contribution in [0.25, 0.3) is 21.8 Å². The average molecular weight is 519 g/mol. The maximum Gasteiger partial charge on any atom is 0.0502 e. The molecule has 3 unspecified atom stereocenters. The van der Waals surface area contributed by atoms with E-state index >= 15 is 0 Å². The molecule has 5 aromatic rings. The summed E-state index contributed by atoms with van der Waals surface area (Å²) in [6, 6.07) is 36.8. The molecular weight excluding hydrogens is 484 g/mol. The highest BCUT2D eigenvalue weighted by Gasteiger charge is 2.27. The zero-order valence-electron chi connectivity index (χ0n) is 22.8. The van der Waals surface area contributed by atoms with Gasteiger partial charge in [-0.1, -0.05) is 91.4 Å². The van der Waals surface area contributed by atoms with E-state index in [9.17, 15) is 0 Å². The molecule has 2 heterocycles. The lowest BCUT2D eigenvalue weighted by atomic mass is 9.90. The molecule has 0 amide bonds.